The number of carbonyl (C=O) groups is 2. The van der Waals surface area contributed by atoms with Gasteiger partial charge in [-0.3, -0.25) is 14.5 Å². The van der Waals surface area contributed by atoms with Gasteiger partial charge in [0.1, 0.15) is 19.0 Å². The van der Waals surface area contributed by atoms with Crippen molar-refractivity contribution in [2.75, 3.05) is 18.1 Å². The van der Waals surface area contributed by atoms with E-state index in [4.69, 9.17) is 32.7 Å². The largest absolute Gasteiger partial charge is 0.507 e. The first-order valence-corrected chi connectivity index (χ1v) is 11.3. The Morgan fingerprint density at radius 2 is 1.71 bits per heavy atom. The van der Waals surface area contributed by atoms with E-state index in [1.54, 1.807) is 54.6 Å². The van der Waals surface area contributed by atoms with Crippen molar-refractivity contribution < 1.29 is 24.2 Å². The Hall–Kier alpha value is -3.48. The molecule has 8 heteroatoms. The Morgan fingerprint density at radius 3 is 2.44 bits per heavy atom. The Kier molecular flexibility index (Phi) is 5.71. The average Bonchev–Trinajstić information content (AvgIpc) is 3.10. The van der Waals surface area contributed by atoms with E-state index >= 15 is 0 Å². The lowest BCUT2D eigenvalue weighted by Crippen LogP contribution is -2.29. The van der Waals surface area contributed by atoms with Crippen LogP contribution in [0.5, 0.6) is 11.5 Å². The number of hydrogen-bond donors (Lipinski definition) is 1. The number of ketones is 1. The van der Waals surface area contributed by atoms with Crippen LogP contribution in [0.25, 0.3) is 5.76 Å². The van der Waals surface area contributed by atoms with Crippen LogP contribution in [0.1, 0.15) is 22.7 Å². The van der Waals surface area contributed by atoms with Crippen LogP contribution in [-0.2, 0) is 9.59 Å². The summed E-state index contributed by atoms with van der Waals surface area (Å²) in [4.78, 5) is 27.9. The Labute approximate surface area is 205 Å². The van der Waals surface area contributed by atoms with Crippen molar-refractivity contribution in [2.45, 2.75) is 13.0 Å². The monoisotopic (exact) mass is 495 g/mol. The minimum atomic E-state index is -0.912. The third-order valence-corrected chi connectivity index (χ3v) is 6.54. The van der Waals surface area contributed by atoms with Crippen molar-refractivity contribution in [3.8, 4) is 11.5 Å². The number of nitrogens with zero attached hydrogens (tertiary/aromatic N) is 1. The molecule has 1 fully saturated rings. The molecule has 2 aliphatic rings. The van der Waals surface area contributed by atoms with E-state index in [0.29, 0.717) is 46.5 Å². The number of anilines is 1. The Bertz CT molecular complexity index is 1370. The van der Waals surface area contributed by atoms with Crippen LogP contribution in [-0.4, -0.2) is 30.0 Å². The van der Waals surface area contributed by atoms with Gasteiger partial charge in [0.15, 0.2) is 11.5 Å². The number of aliphatic hydroxyl groups is 1. The second-order valence-corrected chi connectivity index (χ2v) is 8.85. The first-order valence-electron chi connectivity index (χ1n) is 10.6. The first kappa shape index (κ1) is 22.3. The number of Topliss-reactive ketones (excluding diaryl/α,β-unsaturated/α-hetero) is 1. The van der Waals surface area contributed by atoms with Gasteiger partial charge in [0.2, 0.25) is 0 Å². The highest BCUT2D eigenvalue weighted by atomic mass is 35.5. The van der Waals surface area contributed by atoms with Crippen LogP contribution in [0.4, 0.5) is 5.69 Å². The molecule has 1 unspecified atom stereocenters. The summed E-state index contributed by atoms with van der Waals surface area (Å²) >= 11 is 12.4. The molecule has 0 spiro atoms. The standard InChI is InChI=1S/C26H19Cl2NO5/c1-14-3-2-4-17(11-14)29-23(15-5-7-18(27)19(28)12-15)22(25(31)26(29)32)24(30)16-6-8-20-21(13-16)34-10-9-33-20/h2-8,11-13,23,30H,9-10H2,1H3/b24-22-. The molecule has 0 aromatic heterocycles. The van der Waals surface area contributed by atoms with Gasteiger partial charge in [-0.15, -0.1) is 0 Å². The van der Waals surface area contributed by atoms with E-state index in [2.05, 4.69) is 0 Å². The van der Waals surface area contributed by atoms with E-state index in [-0.39, 0.29) is 16.4 Å². The number of halogens is 2. The summed E-state index contributed by atoms with van der Waals surface area (Å²) in [6.45, 7) is 2.69. The smallest absolute Gasteiger partial charge is 0.300 e. The normalized spacial score (nSPS) is 18.9. The molecule has 34 heavy (non-hydrogen) atoms. The van der Waals surface area contributed by atoms with Crippen molar-refractivity contribution in [3.05, 3.63) is 93.0 Å². The molecule has 0 aliphatic carbocycles. The van der Waals surface area contributed by atoms with Crippen LogP contribution in [0.3, 0.4) is 0 Å². The highest BCUT2D eigenvalue weighted by molar-refractivity contribution is 6.51. The van der Waals surface area contributed by atoms with E-state index in [1.807, 2.05) is 13.0 Å². The fraction of sp³-hybridized carbons (Fsp3) is 0.154. The van der Waals surface area contributed by atoms with Gasteiger partial charge in [0.25, 0.3) is 11.7 Å². The maximum atomic E-state index is 13.3. The van der Waals surface area contributed by atoms with E-state index in [1.165, 1.54) is 4.90 Å². The van der Waals surface area contributed by atoms with Gasteiger partial charge in [-0.1, -0.05) is 41.4 Å². The summed E-state index contributed by atoms with van der Waals surface area (Å²) in [5, 5.41) is 11.9. The van der Waals surface area contributed by atoms with Crippen LogP contribution in [0, 0.1) is 6.92 Å². The summed E-state index contributed by atoms with van der Waals surface area (Å²) < 4.78 is 11.2. The number of benzene rings is 3. The number of ether oxygens (including phenoxy) is 2. The number of aryl methyl sites for hydroxylation is 1. The number of aliphatic hydroxyl groups excluding tert-OH is 1. The van der Waals surface area contributed by atoms with Crippen molar-refractivity contribution in [1.82, 2.24) is 0 Å². The summed E-state index contributed by atoms with van der Waals surface area (Å²) in [5.41, 5.74) is 2.26. The quantitative estimate of drug-likeness (QED) is 0.286. The number of amides is 1. The number of carbonyl (C=O) groups excluding carboxylic acids is 2. The lowest BCUT2D eigenvalue weighted by atomic mass is 9.95. The number of rotatable bonds is 3. The third-order valence-electron chi connectivity index (χ3n) is 5.80. The van der Waals surface area contributed by atoms with Gasteiger partial charge in [0, 0.05) is 11.3 Å². The molecule has 0 bridgehead atoms. The molecule has 6 nitrogen and oxygen atoms in total. The molecule has 3 aromatic carbocycles. The van der Waals surface area contributed by atoms with Crippen LogP contribution >= 0.6 is 23.2 Å². The lowest BCUT2D eigenvalue weighted by Gasteiger charge is -2.26. The topological polar surface area (TPSA) is 76.1 Å². The van der Waals surface area contributed by atoms with Gasteiger partial charge < -0.3 is 14.6 Å². The highest BCUT2D eigenvalue weighted by Crippen LogP contribution is 2.44. The van der Waals surface area contributed by atoms with Crippen LogP contribution in [0.2, 0.25) is 10.0 Å². The van der Waals surface area contributed by atoms with E-state index < -0.39 is 17.7 Å². The average molecular weight is 496 g/mol. The molecule has 2 aliphatic heterocycles. The lowest BCUT2D eigenvalue weighted by molar-refractivity contribution is -0.132. The van der Waals surface area contributed by atoms with Gasteiger partial charge in [-0.2, -0.15) is 0 Å². The fourth-order valence-corrected chi connectivity index (χ4v) is 4.53. The van der Waals surface area contributed by atoms with E-state index in [9.17, 15) is 14.7 Å². The molecule has 1 saturated heterocycles. The van der Waals surface area contributed by atoms with Crippen molar-refractivity contribution in [3.63, 3.8) is 0 Å². The molecular weight excluding hydrogens is 477 g/mol. The fourth-order valence-electron chi connectivity index (χ4n) is 4.22. The van der Waals surface area contributed by atoms with Crippen molar-refractivity contribution in [1.29, 1.82) is 0 Å². The Balaban J connectivity index is 1.71. The molecule has 172 valence electrons. The highest BCUT2D eigenvalue weighted by Gasteiger charge is 2.47. The summed E-state index contributed by atoms with van der Waals surface area (Å²) in [7, 11) is 0. The van der Waals surface area contributed by atoms with Crippen LogP contribution < -0.4 is 14.4 Å². The summed E-state index contributed by atoms with van der Waals surface area (Å²) in [5.74, 6) is -0.870. The van der Waals surface area contributed by atoms with Crippen molar-refractivity contribution in [2.24, 2.45) is 0 Å². The van der Waals surface area contributed by atoms with E-state index in [0.717, 1.165) is 5.56 Å². The molecule has 3 aromatic rings. The molecule has 0 saturated carbocycles. The van der Waals surface area contributed by atoms with Gasteiger partial charge in [-0.25, -0.2) is 0 Å². The maximum absolute atomic E-state index is 13.3. The molecule has 2 heterocycles. The number of hydrogen-bond acceptors (Lipinski definition) is 5. The third kappa shape index (κ3) is 3.79. The molecule has 1 N–H and O–H groups in total. The minimum Gasteiger partial charge on any atom is -0.507 e. The zero-order chi connectivity index (χ0) is 24.0. The second-order valence-electron chi connectivity index (χ2n) is 8.04. The number of fused-ring (bicyclic) bond motifs is 1. The zero-order valence-electron chi connectivity index (χ0n) is 18.0. The molecule has 1 amide bonds. The van der Waals surface area contributed by atoms with Gasteiger partial charge in [0.05, 0.1) is 21.7 Å². The van der Waals surface area contributed by atoms with Gasteiger partial charge >= 0.3 is 0 Å². The molecule has 1 atom stereocenters. The first-order chi connectivity index (χ1) is 16.3. The van der Waals surface area contributed by atoms with Crippen molar-refractivity contribution >= 4 is 46.3 Å². The molecule has 5 rings (SSSR count). The maximum Gasteiger partial charge on any atom is 0.300 e. The Morgan fingerprint density at radius 1 is 0.941 bits per heavy atom. The zero-order valence-corrected chi connectivity index (χ0v) is 19.6. The predicted octanol–water partition coefficient (Wildman–Crippen LogP) is 5.70. The minimum absolute atomic E-state index is 0.0541. The van der Waals surface area contributed by atoms with Crippen LogP contribution in [0.15, 0.2) is 66.2 Å². The summed E-state index contributed by atoms with van der Waals surface area (Å²) in [6, 6.07) is 16.1. The second kappa shape index (κ2) is 8.70. The predicted molar refractivity (Wildman–Crippen MR) is 130 cm³/mol. The summed E-state index contributed by atoms with van der Waals surface area (Å²) in [6.07, 6.45) is 0. The molecular formula is C26H19Cl2NO5. The SMILES string of the molecule is Cc1cccc(N2C(=O)C(=O)/C(=C(\O)c3ccc4c(c3)OCCO4)C2c2ccc(Cl)c(Cl)c2)c1. The van der Waals surface area contributed by atoms with Gasteiger partial charge in [-0.05, 0) is 60.5 Å². The molecule has 0 radical (unpaired) electrons.